The van der Waals surface area contributed by atoms with Gasteiger partial charge in [0.2, 0.25) is 0 Å². The Morgan fingerprint density at radius 3 is 2.11 bits per heavy atom. The van der Waals surface area contributed by atoms with E-state index < -0.39 is 5.97 Å². The van der Waals surface area contributed by atoms with Gasteiger partial charge in [-0.15, -0.1) is 0 Å². The number of hydrogen-bond acceptors (Lipinski definition) is 4. The second kappa shape index (κ2) is 9.25. The Morgan fingerprint density at radius 1 is 0.889 bits per heavy atom. The van der Waals surface area contributed by atoms with Gasteiger partial charge in [-0.05, 0) is 73.6 Å². The van der Waals surface area contributed by atoms with E-state index in [9.17, 15) is 4.79 Å². The average Bonchev–Trinajstić information content (AvgIpc) is 2.73. The average molecular weight is 364 g/mol. The summed E-state index contributed by atoms with van der Waals surface area (Å²) in [5, 5.41) is 0. The molecule has 0 atom stereocenters. The SMILES string of the molecule is COc1ccc(C#CC(=O)Oc2ccc([C@H]3CC[C@H](OC)CC3)cc2)cc1. The molecular weight excluding hydrogens is 340 g/mol. The van der Waals surface area contributed by atoms with Crippen molar-refractivity contribution in [3.05, 3.63) is 59.7 Å². The summed E-state index contributed by atoms with van der Waals surface area (Å²) in [5.41, 5.74) is 2.02. The van der Waals surface area contributed by atoms with Crippen molar-refractivity contribution in [1.29, 1.82) is 0 Å². The van der Waals surface area contributed by atoms with E-state index >= 15 is 0 Å². The summed E-state index contributed by atoms with van der Waals surface area (Å²) in [7, 11) is 3.39. The third kappa shape index (κ3) is 5.35. The monoisotopic (exact) mass is 364 g/mol. The van der Waals surface area contributed by atoms with E-state index in [0.29, 0.717) is 17.8 Å². The number of esters is 1. The van der Waals surface area contributed by atoms with Crippen LogP contribution >= 0.6 is 0 Å². The van der Waals surface area contributed by atoms with Crippen molar-refractivity contribution in [2.45, 2.75) is 37.7 Å². The van der Waals surface area contributed by atoms with E-state index in [1.165, 1.54) is 5.56 Å². The maximum absolute atomic E-state index is 11.9. The topological polar surface area (TPSA) is 44.8 Å². The van der Waals surface area contributed by atoms with Gasteiger partial charge in [0.05, 0.1) is 13.2 Å². The molecule has 0 saturated heterocycles. The number of methoxy groups -OCH3 is 2. The van der Waals surface area contributed by atoms with Gasteiger partial charge in [0, 0.05) is 18.6 Å². The molecule has 0 aliphatic heterocycles. The minimum atomic E-state index is -0.570. The highest BCUT2D eigenvalue weighted by molar-refractivity contribution is 5.90. The molecule has 0 N–H and O–H groups in total. The summed E-state index contributed by atoms with van der Waals surface area (Å²) in [4.78, 5) is 11.9. The molecular formula is C23H24O4. The smallest absolute Gasteiger partial charge is 0.390 e. The molecule has 2 aromatic rings. The highest BCUT2D eigenvalue weighted by Gasteiger charge is 2.22. The first-order valence-electron chi connectivity index (χ1n) is 9.18. The van der Waals surface area contributed by atoms with Gasteiger partial charge in [0.1, 0.15) is 11.5 Å². The van der Waals surface area contributed by atoms with Gasteiger partial charge < -0.3 is 14.2 Å². The molecule has 3 rings (SSSR count). The van der Waals surface area contributed by atoms with Gasteiger partial charge in [-0.3, -0.25) is 0 Å². The first kappa shape index (κ1) is 19.0. The van der Waals surface area contributed by atoms with Gasteiger partial charge in [-0.25, -0.2) is 4.79 Å². The maximum Gasteiger partial charge on any atom is 0.390 e. The van der Waals surface area contributed by atoms with E-state index in [-0.39, 0.29) is 0 Å². The molecule has 4 nitrogen and oxygen atoms in total. The predicted molar refractivity (Wildman–Crippen MR) is 104 cm³/mol. The lowest BCUT2D eigenvalue weighted by molar-refractivity contribution is -0.128. The largest absolute Gasteiger partial charge is 0.497 e. The second-order valence-electron chi connectivity index (χ2n) is 6.65. The Morgan fingerprint density at radius 2 is 1.52 bits per heavy atom. The third-order valence-electron chi connectivity index (χ3n) is 4.97. The fraction of sp³-hybridized carbons (Fsp3) is 0.348. The van der Waals surface area contributed by atoms with E-state index in [2.05, 4.69) is 11.8 Å². The lowest BCUT2D eigenvalue weighted by atomic mass is 9.83. The summed E-state index contributed by atoms with van der Waals surface area (Å²) in [6.07, 6.45) is 4.85. The van der Waals surface area contributed by atoms with Crippen LogP contribution in [0.3, 0.4) is 0 Å². The van der Waals surface area contributed by atoms with Crippen molar-refractivity contribution >= 4 is 5.97 Å². The van der Waals surface area contributed by atoms with E-state index in [1.807, 2.05) is 24.3 Å². The number of carbonyl (C=O) groups is 1. The molecule has 1 saturated carbocycles. The van der Waals surface area contributed by atoms with Crippen molar-refractivity contribution in [1.82, 2.24) is 0 Å². The standard InChI is InChI=1S/C23H24O4/c1-25-20-10-3-17(4-11-20)5-16-23(24)27-22-14-8-19(9-15-22)18-6-12-21(26-2)13-7-18/h3-4,8-11,14-15,18,21H,6-7,12-13H2,1-2H3/t18-,21-. The Labute approximate surface area is 160 Å². The van der Waals surface area contributed by atoms with Crippen LogP contribution in [0, 0.1) is 11.8 Å². The zero-order chi connectivity index (χ0) is 19.1. The van der Waals surface area contributed by atoms with Crippen LogP contribution in [0.5, 0.6) is 11.5 Å². The van der Waals surface area contributed by atoms with Crippen molar-refractivity contribution in [3.63, 3.8) is 0 Å². The molecule has 0 spiro atoms. The molecule has 0 bridgehead atoms. The first-order valence-corrected chi connectivity index (χ1v) is 9.18. The molecule has 0 heterocycles. The molecule has 1 aliphatic rings. The molecule has 27 heavy (non-hydrogen) atoms. The van der Waals surface area contributed by atoms with Crippen molar-refractivity contribution in [2.75, 3.05) is 14.2 Å². The fourth-order valence-electron chi connectivity index (χ4n) is 3.37. The molecule has 0 amide bonds. The summed E-state index contributed by atoms with van der Waals surface area (Å²) < 4.78 is 15.8. The molecule has 140 valence electrons. The summed E-state index contributed by atoms with van der Waals surface area (Å²) in [6, 6.07) is 14.9. The minimum Gasteiger partial charge on any atom is -0.497 e. The van der Waals surface area contributed by atoms with Crippen LogP contribution in [0.1, 0.15) is 42.7 Å². The minimum absolute atomic E-state index is 0.394. The number of hydrogen-bond donors (Lipinski definition) is 0. The van der Waals surface area contributed by atoms with Crippen LogP contribution < -0.4 is 9.47 Å². The third-order valence-corrected chi connectivity index (χ3v) is 4.97. The number of ether oxygens (including phenoxy) is 3. The zero-order valence-corrected chi connectivity index (χ0v) is 15.7. The summed E-state index contributed by atoms with van der Waals surface area (Å²) in [6.45, 7) is 0. The number of rotatable bonds is 4. The lowest BCUT2D eigenvalue weighted by Gasteiger charge is -2.27. The molecule has 0 aromatic heterocycles. The van der Waals surface area contributed by atoms with E-state index in [4.69, 9.17) is 14.2 Å². The highest BCUT2D eigenvalue weighted by atomic mass is 16.5. The summed E-state index contributed by atoms with van der Waals surface area (Å²) in [5.74, 6) is 6.55. The Balaban J connectivity index is 1.55. The molecule has 0 unspecified atom stereocenters. The van der Waals surface area contributed by atoms with E-state index in [0.717, 1.165) is 37.0 Å². The fourth-order valence-corrected chi connectivity index (χ4v) is 3.37. The Bertz CT molecular complexity index is 804. The predicted octanol–water partition coefficient (Wildman–Crippen LogP) is 4.32. The number of benzene rings is 2. The van der Waals surface area contributed by atoms with Crippen LogP contribution in [-0.2, 0) is 9.53 Å². The van der Waals surface area contributed by atoms with Crippen LogP contribution in [0.25, 0.3) is 0 Å². The van der Waals surface area contributed by atoms with Gasteiger partial charge in [-0.2, -0.15) is 0 Å². The first-order chi connectivity index (χ1) is 13.2. The van der Waals surface area contributed by atoms with Gasteiger partial charge in [0.25, 0.3) is 0 Å². The molecule has 2 aromatic carbocycles. The van der Waals surface area contributed by atoms with Gasteiger partial charge >= 0.3 is 5.97 Å². The normalized spacial score (nSPS) is 18.9. The Kier molecular flexibility index (Phi) is 6.51. The van der Waals surface area contributed by atoms with E-state index in [1.54, 1.807) is 38.5 Å². The highest BCUT2D eigenvalue weighted by Crippen LogP contribution is 2.34. The van der Waals surface area contributed by atoms with Gasteiger partial charge in [0.15, 0.2) is 0 Å². The Hall–Kier alpha value is -2.77. The van der Waals surface area contributed by atoms with Crippen LogP contribution in [0.15, 0.2) is 48.5 Å². The molecule has 0 radical (unpaired) electrons. The maximum atomic E-state index is 11.9. The number of carbonyl (C=O) groups excluding carboxylic acids is 1. The molecule has 1 aliphatic carbocycles. The lowest BCUT2D eigenvalue weighted by Crippen LogP contribution is -2.19. The second-order valence-corrected chi connectivity index (χ2v) is 6.65. The molecule has 4 heteroatoms. The quantitative estimate of drug-likeness (QED) is 0.460. The molecule has 1 fully saturated rings. The zero-order valence-electron chi connectivity index (χ0n) is 15.7. The van der Waals surface area contributed by atoms with Gasteiger partial charge in [-0.1, -0.05) is 18.1 Å². The van der Waals surface area contributed by atoms with Crippen LogP contribution in [0.4, 0.5) is 0 Å². The van der Waals surface area contributed by atoms with Crippen LogP contribution in [0.2, 0.25) is 0 Å². The van der Waals surface area contributed by atoms with Crippen molar-refractivity contribution in [3.8, 4) is 23.3 Å². The van der Waals surface area contributed by atoms with Crippen LogP contribution in [-0.4, -0.2) is 26.3 Å². The summed E-state index contributed by atoms with van der Waals surface area (Å²) >= 11 is 0. The van der Waals surface area contributed by atoms with Crippen molar-refractivity contribution < 1.29 is 19.0 Å². The van der Waals surface area contributed by atoms with Crippen molar-refractivity contribution in [2.24, 2.45) is 0 Å².